The fourth-order valence-electron chi connectivity index (χ4n) is 2.44. The molecule has 1 aliphatic rings. The molecule has 104 valence electrons. The highest BCUT2D eigenvalue weighted by molar-refractivity contribution is 5.76. The molecule has 0 aromatic heterocycles. The van der Waals surface area contributed by atoms with Crippen molar-refractivity contribution in [1.82, 2.24) is 4.90 Å². The van der Waals surface area contributed by atoms with Crippen molar-refractivity contribution in [2.75, 3.05) is 26.2 Å². The standard InChI is InChI=1S/C15H22N2O2/c16-15(18)13-7-10-17(11-8-13)9-4-12-19-14-5-2-1-3-6-14/h1-3,5-6,13H,4,7-12H2,(H2,16,18). The minimum atomic E-state index is -0.146. The monoisotopic (exact) mass is 262 g/mol. The summed E-state index contributed by atoms with van der Waals surface area (Å²) in [5.41, 5.74) is 5.32. The summed E-state index contributed by atoms with van der Waals surface area (Å²) in [5, 5.41) is 0. The number of amides is 1. The van der Waals surface area contributed by atoms with E-state index in [0.717, 1.165) is 51.3 Å². The van der Waals surface area contributed by atoms with Gasteiger partial charge in [-0.05, 0) is 44.5 Å². The van der Waals surface area contributed by atoms with Gasteiger partial charge < -0.3 is 15.4 Å². The molecule has 0 unspecified atom stereocenters. The smallest absolute Gasteiger partial charge is 0.220 e. The maximum Gasteiger partial charge on any atom is 0.220 e. The lowest BCUT2D eigenvalue weighted by Crippen LogP contribution is -2.39. The van der Waals surface area contributed by atoms with Gasteiger partial charge >= 0.3 is 0 Å². The van der Waals surface area contributed by atoms with Crippen molar-refractivity contribution in [2.24, 2.45) is 11.7 Å². The highest BCUT2D eigenvalue weighted by atomic mass is 16.5. The molecule has 0 radical (unpaired) electrons. The Morgan fingerprint density at radius 1 is 1.26 bits per heavy atom. The predicted octanol–water partition coefficient (Wildman–Crippen LogP) is 1.65. The number of nitrogens with zero attached hydrogens (tertiary/aromatic N) is 1. The van der Waals surface area contributed by atoms with E-state index in [1.165, 1.54) is 0 Å². The molecule has 0 atom stereocenters. The molecule has 1 amide bonds. The number of ether oxygens (including phenoxy) is 1. The average Bonchev–Trinajstić information content (AvgIpc) is 2.45. The first-order valence-corrected chi connectivity index (χ1v) is 6.95. The maximum absolute atomic E-state index is 11.1. The summed E-state index contributed by atoms with van der Waals surface area (Å²) in [7, 11) is 0. The number of carbonyl (C=O) groups is 1. The molecule has 19 heavy (non-hydrogen) atoms. The van der Waals surface area contributed by atoms with Crippen molar-refractivity contribution in [1.29, 1.82) is 0 Å². The molecule has 1 aromatic rings. The Hall–Kier alpha value is -1.55. The van der Waals surface area contributed by atoms with Gasteiger partial charge in [0.2, 0.25) is 5.91 Å². The summed E-state index contributed by atoms with van der Waals surface area (Å²) in [6.45, 7) is 3.70. The van der Waals surface area contributed by atoms with Crippen molar-refractivity contribution in [3.63, 3.8) is 0 Å². The van der Waals surface area contributed by atoms with E-state index < -0.39 is 0 Å². The van der Waals surface area contributed by atoms with Crippen LogP contribution < -0.4 is 10.5 Å². The van der Waals surface area contributed by atoms with Gasteiger partial charge in [0.15, 0.2) is 0 Å². The number of carbonyl (C=O) groups excluding carboxylic acids is 1. The Bertz CT molecular complexity index is 386. The third-order valence-corrected chi connectivity index (χ3v) is 3.62. The molecule has 0 saturated carbocycles. The first-order chi connectivity index (χ1) is 9.25. The number of nitrogens with two attached hydrogens (primary N) is 1. The van der Waals surface area contributed by atoms with Crippen molar-refractivity contribution in [3.05, 3.63) is 30.3 Å². The van der Waals surface area contributed by atoms with Crippen LogP contribution in [0.1, 0.15) is 19.3 Å². The quantitative estimate of drug-likeness (QED) is 0.793. The second-order valence-corrected chi connectivity index (χ2v) is 5.03. The molecule has 4 nitrogen and oxygen atoms in total. The maximum atomic E-state index is 11.1. The van der Waals surface area contributed by atoms with Crippen molar-refractivity contribution >= 4 is 5.91 Å². The van der Waals surface area contributed by atoms with E-state index >= 15 is 0 Å². The van der Waals surface area contributed by atoms with Gasteiger partial charge in [-0.15, -0.1) is 0 Å². The fourth-order valence-corrected chi connectivity index (χ4v) is 2.44. The summed E-state index contributed by atoms with van der Waals surface area (Å²) < 4.78 is 5.66. The predicted molar refractivity (Wildman–Crippen MR) is 74.9 cm³/mol. The van der Waals surface area contributed by atoms with Gasteiger partial charge in [0.25, 0.3) is 0 Å². The zero-order valence-electron chi connectivity index (χ0n) is 11.3. The van der Waals surface area contributed by atoms with Crippen LogP contribution in [0.3, 0.4) is 0 Å². The number of benzene rings is 1. The summed E-state index contributed by atoms with van der Waals surface area (Å²) in [6, 6.07) is 9.88. The van der Waals surface area contributed by atoms with E-state index in [0.29, 0.717) is 0 Å². The number of para-hydroxylation sites is 1. The number of rotatable bonds is 6. The van der Waals surface area contributed by atoms with Gasteiger partial charge in [0.05, 0.1) is 6.61 Å². The van der Waals surface area contributed by atoms with Gasteiger partial charge in [-0.3, -0.25) is 4.79 Å². The minimum absolute atomic E-state index is 0.0804. The molecule has 0 aliphatic carbocycles. The van der Waals surface area contributed by atoms with Crippen LogP contribution in [-0.4, -0.2) is 37.0 Å². The zero-order chi connectivity index (χ0) is 13.5. The molecule has 2 N–H and O–H groups in total. The van der Waals surface area contributed by atoms with Gasteiger partial charge in [-0.25, -0.2) is 0 Å². The Labute approximate surface area is 114 Å². The van der Waals surface area contributed by atoms with Crippen LogP contribution in [0.15, 0.2) is 30.3 Å². The Morgan fingerprint density at radius 3 is 2.58 bits per heavy atom. The summed E-state index contributed by atoms with van der Waals surface area (Å²) in [6.07, 6.45) is 2.81. The normalized spacial score (nSPS) is 17.3. The van der Waals surface area contributed by atoms with Gasteiger partial charge in [-0.1, -0.05) is 18.2 Å². The Morgan fingerprint density at radius 2 is 1.95 bits per heavy atom. The largest absolute Gasteiger partial charge is 0.494 e. The van der Waals surface area contributed by atoms with Gasteiger partial charge in [-0.2, -0.15) is 0 Å². The van der Waals surface area contributed by atoms with Gasteiger partial charge in [0, 0.05) is 12.5 Å². The molecule has 1 heterocycles. The molecule has 1 saturated heterocycles. The van der Waals surface area contributed by atoms with E-state index in [9.17, 15) is 4.79 Å². The van der Waals surface area contributed by atoms with E-state index in [1.54, 1.807) is 0 Å². The van der Waals surface area contributed by atoms with E-state index in [2.05, 4.69) is 4.90 Å². The number of likely N-dealkylation sites (tertiary alicyclic amines) is 1. The molecular weight excluding hydrogens is 240 g/mol. The van der Waals surface area contributed by atoms with E-state index in [-0.39, 0.29) is 11.8 Å². The van der Waals surface area contributed by atoms with Crippen molar-refractivity contribution in [3.8, 4) is 5.75 Å². The van der Waals surface area contributed by atoms with Crippen LogP contribution in [0.2, 0.25) is 0 Å². The summed E-state index contributed by atoms with van der Waals surface area (Å²) in [4.78, 5) is 13.4. The van der Waals surface area contributed by atoms with E-state index in [1.807, 2.05) is 30.3 Å². The number of hydrogen-bond acceptors (Lipinski definition) is 3. The zero-order valence-corrected chi connectivity index (χ0v) is 11.3. The Kier molecular flexibility index (Phi) is 5.21. The Balaban J connectivity index is 1.58. The third-order valence-electron chi connectivity index (χ3n) is 3.62. The van der Waals surface area contributed by atoms with Crippen LogP contribution in [-0.2, 0) is 4.79 Å². The molecule has 1 aliphatic heterocycles. The topological polar surface area (TPSA) is 55.6 Å². The average molecular weight is 262 g/mol. The summed E-state index contributed by atoms with van der Waals surface area (Å²) >= 11 is 0. The molecular formula is C15H22N2O2. The van der Waals surface area contributed by atoms with E-state index in [4.69, 9.17) is 10.5 Å². The van der Waals surface area contributed by atoms with Crippen molar-refractivity contribution in [2.45, 2.75) is 19.3 Å². The van der Waals surface area contributed by atoms with Gasteiger partial charge in [0.1, 0.15) is 5.75 Å². The lowest BCUT2D eigenvalue weighted by molar-refractivity contribution is -0.123. The van der Waals surface area contributed by atoms with Crippen molar-refractivity contribution < 1.29 is 9.53 Å². The lowest BCUT2D eigenvalue weighted by Gasteiger charge is -2.30. The highest BCUT2D eigenvalue weighted by Crippen LogP contribution is 2.16. The second-order valence-electron chi connectivity index (χ2n) is 5.03. The first-order valence-electron chi connectivity index (χ1n) is 6.95. The molecule has 4 heteroatoms. The van der Waals surface area contributed by atoms with Crippen LogP contribution in [0.5, 0.6) is 5.75 Å². The number of piperidine rings is 1. The molecule has 2 rings (SSSR count). The third kappa shape index (κ3) is 4.56. The van der Waals surface area contributed by atoms with Crippen LogP contribution in [0.25, 0.3) is 0 Å². The molecule has 0 bridgehead atoms. The minimum Gasteiger partial charge on any atom is -0.494 e. The second kappa shape index (κ2) is 7.14. The SMILES string of the molecule is NC(=O)C1CCN(CCCOc2ccccc2)CC1. The van der Waals surface area contributed by atoms with Crippen LogP contribution in [0, 0.1) is 5.92 Å². The fraction of sp³-hybridized carbons (Fsp3) is 0.533. The molecule has 1 aromatic carbocycles. The summed E-state index contributed by atoms with van der Waals surface area (Å²) in [5.74, 6) is 0.860. The molecule has 1 fully saturated rings. The highest BCUT2D eigenvalue weighted by Gasteiger charge is 2.22. The lowest BCUT2D eigenvalue weighted by atomic mass is 9.96. The number of primary amides is 1. The first kappa shape index (κ1) is 13.9. The van der Waals surface area contributed by atoms with Crippen LogP contribution >= 0.6 is 0 Å². The number of hydrogen-bond donors (Lipinski definition) is 1. The van der Waals surface area contributed by atoms with Crippen LogP contribution in [0.4, 0.5) is 0 Å². The molecule has 0 spiro atoms.